The largest absolute Gasteiger partial charge is 0.449 e. The van der Waals surface area contributed by atoms with Gasteiger partial charge in [-0.3, -0.25) is 4.98 Å². The summed E-state index contributed by atoms with van der Waals surface area (Å²) in [5, 5.41) is 2.74. The molecule has 0 fully saturated rings. The van der Waals surface area contributed by atoms with Gasteiger partial charge in [-0.05, 0) is 46.9 Å². The van der Waals surface area contributed by atoms with E-state index < -0.39 is 6.09 Å². The summed E-state index contributed by atoms with van der Waals surface area (Å²) < 4.78 is 5.51. The van der Waals surface area contributed by atoms with E-state index in [1.54, 1.807) is 18.3 Å². The van der Waals surface area contributed by atoms with Crippen molar-refractivity contribution in [2.45, 2.75) is 12.8 Å². The number of carbonyl (C=O) groups excluding carboxylic acids is 1. The Balaban J connectivity index is 1.34. The number of benzene rings is 2. The van der Waals surface area contributed by atoms with E-state index in [9.17, 15) is 4.79 Å². The van der Waals surface area contributed by atoms with Crippen molar-refractivity contribution in [2.75, 3.05) is 18.9 Å². The molecule has 1 amide bonds. The number of anilines is 1. The van der Waals surface area contributed by atoms with Gasteiger partial charge in [-0.2, -0.15) is 0 Å². The van der Waals surface area contributed by atoms with Gasteiger partial charge in [0, 0.05) is 18.7 Å². The van der Waals surface area contributed by atoms with Crippen molar-refractivity contribution < 1.29 is 9.53 Å². The van der Waals surface area contributed by atoms with Crippen LogP contribution in [-0.4, -0.2) is 24.2 Å². The van der Waals surface area contributed by atoms with Crippen LogP contribution in [0.3, 0.4) is 0 Å². The third-order valence-electron chi connectivity index (χ3n) is 5.07. The number of nitrogens with two attached hydrogens (primary N) is 1. The highest BCUT2D eigenvalue weighted by molar-refractivity contribution is 5.79. The summed E-state index contributed by atoms with van der Waals surface area (Å²) >= 11 is 0. The molecular formula is C24H23N3O2. The molecule has 0 atom stereocenters. The van der Waals surface area contributed by atoms with Crippen molar-refractivity contribution in [3.63, 3.8) is 0 Å². The van der Waals surface area contributed by atoms with Gasteiger partial charge in [-0.1, -0.05) is 54.6 Å². The molecule has 0 saturated carbocycles. The summed E-state index contributed by atoms with van der Waals surface area (Å²) in [5.74, 6) is 0.0558. The van der Waals surface area contributed by atoms with Crippen LogP contribution < -0.4 is 11.1 Å². The predicted octanol–water partition coefficient (Wildman–Crippen LogP) is 4.52. The molecule has 0 spiro atoms. The van der Waals surface area contributed by atoms with Crippen LogP contribution in [0.25, 0.3) is 17.2 Å². The molecule has 0 aliphatic heterocycles. The molecule has 146 valence electrons. The van der Waals surface area contributed by atoms with Crippen molar-refractivity contribution in [3.05, 3.63) is 89.3 Å². The third kappa shape index (κ3) is 3.99. The molecule has 0 bridgehead atoms. The SMILES string of the molecule is Cc1cnc(C=CCNC(=O)OCC2c3ccccc3-c3ccccc32)c(N)c1. The molecule has 5 heteroatoms. The Bertz CT molecular complexity index is 1030. The van der Waals surface area contributed by atoms with Gasteiger partial charge in [0.1, 0.15) is 6.61 Å². The minimum absolute atomic E-state index is 0.0558. The number of ether oxygens (including phenoxy) is 1. The van der Waals surface area contributed by atoms with E-state index >= 15 is 0 Å². The molecule has 0 unspecified atom stereocenters. The van der Waals surface area contributed by atoms with Gasteiger partial charge in [-0.25, -0.2) is 4.79 Å². The summed E-state index contributed by atoms with van der Waals surface area (Å²) in [6, 6.07) is 18.4. The Morgan fingerprint density at radius 3 is 2.45 bits per heavy atom. The smallest absolute Gasteiger partial charge is 0.407 e. The maximum atomic E-state index is 12.1. The molecule has 0 saturated heterocycles. The summed E-state index contributed by atoms with van der Waals surface area (Å²) in [5.41, 5.74) is 13.1. The first kappa shape index (κ1) is 18.7. The molecule has 0 radical (unpaired) electrons. The highest BCUT2D eigenvalue weighted by Crippen LogP contribution is 2.44. The maximum absolute atomic E-state index is 12.1. The standard InChI is InChI=1S/C24H23N3O2/c1-16-13-22(25)23(27-14-16)11-6-12-26-24(28)29-15-21-19-9-4-2-7-17(19)18-8-3-5-10-20(18)21/h2-11,13-14,21H,12,15,25H2,1H3,(H,26,28). The fourth-order valence-corrected chi connectivity index (χ4v) is 3.70. The van der Waals surface area contributed by atoms with Crippen LogP contribution in [0.4, 0.5) is 10.5 Å². The number of nitrogens with zero attached hydrogens (tertiary/aromatic N) is 1. The summed E-state index contributed by atoms with van der Waals surface area (Å²) in [6.45, 7) is 2.58. The van der Waals surface area contributed by atoms with Crippen LogP contribution in [0.1, 0.15) is 28.3 Å². The molecular weight excluding hydrogens is 362 g/mol. The van der Waals surface area contributed by atoms with Crippen LogP contribution in [0.5, 0.6) is 0 Å². The van der Waals surface area contributed by atoms with Crippen LogP contribution in [0, 0.1) is 6.92 Å². The minimum atomic E-state index is -0.443. The molecule has 4 rings (SSSR count). The highest BCUT2D eigenvalue weighted by Gasteiger charge is 2.28. The predicted molar refractivity (Wildman–Crippen MR) is 115 cm³/mol. The zero-order chi connectivity index (χ0) is 20.2. The van der Waals surface area contributed by atoms with E-state index in [1.165, 1.54) is 22.3 Å². The van der Waals surface area contributed by atoms with E-state index in [0.29, 0.717) is 24.5 Å². The molecule has 3 N–H and O–H groups in total. The lowest BCUT2D eigenvalue weighted by Crippen LogP contribution is -2.26. The number of pyridine rings is 1. The third-order valence-corrected chi connectivity index (χ3v) is 5.07. The number of hydrogen-bond donors (Lipinski definition) is 2. The van der Waals surface area contributed by atoms with Crippen molar-refractivity contribution in [3.8, 4) is 11.1 Å². The number of carbonyl (C=O) groups is 1. The number of hydrogen-bond acceptors (Lipinski definition) is 4. The van der Waals surface area contributed by atoms with E-state index in [-0.39, 0.29) is 5.92 Å². The number of rotatable bonds is 5. The summed E-state index contributed by atoms with van der Waals surface area (Å²) in [7, 11) is 0. The highest BCUT2D eigenvalue weighted by atomic mass is 16.5. The fourth-order valence-electron chi connectivity index (χ4n) is 3.70. The number of aromatic nitrogens is 1. The number of fused-ring (bicyclic) bond motifs is 3. The van der Waals surface area contributed by atoms with E-state index in [4.69, 9.17) is 10.5 Å². The lowest BCUT2D eigenvalue weighted by atomic mass is 9.98. The topological polar surface area (TPSA) is 77.2 Å². The van der Waals surface area contributed by atoms with Gasteiger partial charge in [0.15, 0.2) is 0 Å². The van der Waals surface area contributed by atoms with Gasteiger partial charge in [-0.15, -0.1) is 0 Å². The Morgan fingerprint density at radius 2 is 1.79 bits per heavy atom. The Labute approximate surface area is 170 Å². The molecule has 29 heavy (non-hydrogen) atoms. The van der Waals surface area contributed by atoms with Gasteiger partial charge >= 0.3 is 6.09 Å². The van der Waals surface area contributed by atoms with Gasteiger partial charge in [0.2, 0.25) is 0 Å². The lowest BCUT2D eigenvalue weighted by Gasteiger charge is -2.14. The van der Waals surface area contributed by atoms with Crippen molar-refractivity contribution in [1.29, 1.82) is 0 Å². The van der Waals surface area contributed by atoms with Crippen molar-refractivity contribution >= 4 is 17.9 Å². The molecule has 3 aromatic rings. The molecule has 1 aliphatic carbocycles. The zero-order valence-corrected chi connectivity index (χ0v) is 16.3. The van der Waals surface area contributed by atoms with Gasteiger partial charge in [0.25, 0.3) is 0 Å². The zero-order valence-electron chi connectivity index (χ0n) is 16.3. The number of aryl methyl sites for hydroxylation is 1. The number of alkyl carbamates (subject to hydrolysis) is 1. The first-order valence-electron chi connectivity index (χ1n) is 9.61. The average molecular weight is 385 g/mol. The van der Waals surface area contributed by atoms with E-state index in [2.05, 4.69) is 34.6 Å². The second-order valence-electron chi connectivity index (χ2n) is 7.10. The van der Waals surface area contributed by atoms with Crippen LogP contribution in [0.15, 0.2) is 66.9 Å². The van der Waals surface area contributed by atoms with Crippen LogP contribution in [0.2, 0.25) is 0 Å². The molecule has 2 aromatic carbocycles. The van der Waals surface area contributed by atoms with Crippen LogP contribution in [-0.2, 0) is 4.74 Å². The quantitative estimate of drug-likeness (QED) is 0.677. The molecule has 1 aromatic heterocycles. The number of amides is 1. The second-order valence-corrected chi connectivity index (χ2v) is 7.10. The normalized spacial score (nSPS) is 12.6. The Hall–Kier alpha value is -3.60. The first-order chi connectivity index (χ1) is 14.1. The van der Waals surface area contributed by atoms with E-state index in [0.717, 1.165) is 5.56 Å². The monoisotopic (exact) mass is 385 g/mol. The molecule has 5 nitrogen and oxygen atoms in total. The van der Waals surface area contributed by atoms with Gasteiger partial charge in [0.05, 0.1) is 11.4 Å². The second kappa shape index (κ2) is 8.19. The summed E-state index contributed by atoms with van der Waals surface area (Å²) in [6.07, 6.45) is 4.91. The van der Waals surface area contributed by atoms with Crippen LogP contribution >= 0.6 is 0 Å². The van der Waals surface area contributed by atoms with Crippen molar-refractivity contribution in [2.24, 2.45) is 0 Å². The van der Waals surface area contributed by atoms with Crippen molar-refractivity contribution in [1.82, 2.24) is 10.3 Å². The Kier molecular flexibility index (Phi) is 5.29. The fraction of sp³-hybridized carbons (Fsp3) is 0.167. The molecule has 1 aliphatic rings. The number of nitrogens with one attached hydrogen (secondary N) is 1. The van der Waals surface area contributed by atoms with Gasteiger partial charge < -0.3 is 15.8 Å². The summed E-state index contributed by atoms with van der Waals surface area (Å²) in [4.78, 5) is 16.4. The first-order valence-corrected chi connectivity index (χ1v) is 9.61. The Morgan fingerprint density at radius 1 is 1.14 bits per heavy atom. The minimum Gasteiger partial charge on any atom is -0.449 e. The van der Waals surface area contributed by atoms with E-state index in [1.807, 2.05) is 37.3 Å². The average Bonchev–Trinajstić information content (AvgIpc) is 3.05. The molecule has 1 heterocycles. The maximum Gasteiger partial charge on any atom is 0.407 e. The lowest BCUT2D eigenvalue weighted by molar-refractivity contribution is 0.144. The number of nitrogen functional groups attached to an aromatic ring is 1.